The number of pyridine rings is 1. The van der Waals surface area contributed by atoms with Gasteiger partial charge in [-0.05, 0) is 62.8 Å². The molecule has 200 valence electrons. The van der Waals surface area contributed by atoms with Gasteiger partial charge in [0.1, 0.15) is 22.9 Å². The summed E-state index contributed by atoms with van der Waals surface area (Å²) in [7, 11) is 1.65. The van der Waals surface area contributed by atoms with Crippen LogP contribution in [0.1, 0.15) is 83.9 Å². The Balaban J connectivity index is 1.30. The van der Waals surface area contributed by atoms with Crippen LogP contribution in [0.25, 0.3) is 11.0 Å². The van der Waals surface area contributed by atoms with Crippen LogP contribution in [0.15, 0.2) is 18.2 Å². The Labute approximate surface area is 219 Å². The number of ether oxygens (including phenoxy) is 3. The Morgan fingerprint density at radius 3 is 2.63 bits per heavy atom. The SMILES string of the molecule is CN(C(=O)c1cc2nc(NC(=O)OC(C)(C)C)c3c(c2[nH]1)COC3)C1COCc2cc(C3CC3)cc(F)c21. The van der Waals surface area contributed by atoms with Gasteiger partial charge in [0, 0.05) is 23.7 Å². The molecule has 1 saturated carbocycles. The minimum Gasteiger partial charge on any atom is -0.444 e. The Hall–Kier alpha value is -3.50. The van der Waals surface area contributed by atoms with E-state index in [9.17, 15) is 9.59 Å². The van der Waals surface area contributed by atoms with E-state index in [2.05, 4.69) is 15.3 Å². The Morgan fingerprint density at radius 1 is 1.13 bits per heavy atom. The standard InChI is InChI=1S/C28H31FN4O5/c1-28(2,3)38-27(35)32-25-18-12-37-11-17(18)24-20(31-25)9-21(30-24)26(34)33(4)22-13-36-10-16-7-15(14-5-6-14)8-19(29)23(16)22/h7-9,14,22,30H,5-6,10-13H2,1-4H3,(H,31,32,35). The molecule has 2 amide bonds. The first-order chi connectivity index (χ1) is 18.1. The normalized spacial score (nSPS) is 18.7. The third-order valence-electron chi connectivity index (χ3n) is 7.26. The zero-order chi connectivity index (χ0) is 26.8. The van der Waals surface area contributed by atoms with E-state index in [0.29, 0.717) is 47.2 Å². The molecule has 6 rings (SSSR count). The summed E-state index contributed by atoms with van der Waals surface area (Å²) in [5.41, 5.74) is 4.72. The molecule has 1 fully saturated rings. The predicted octanol–water partition coefficient (Wildman–Crippen LogP) is 5.30. The van der Waals surface area contributed by atoms with Gasteiger partial charge in [-0.2, -0.15) is 0 Å². The molecule has 0 bridgehead atoms. The maximum atomic E-state index is 15.3. The fourth-order valence-corrected chi connectivity index (χ4v) is 5.28. The first kappa shape index (κ1) is 24.8. The molecule has 10 heteroatoms. The average molecular weight is 523 g/mol. The number of carbonyl (C=O) groups is 2. The molecule has 2 N–H and O–H groups in total. The van der Waals surface area contributed by atoms with E-state index in [1.807, 2.05) is 6.07 Å². The first-order valence-electron chi connectivity index (χ1n) is 12.9. The summed E-state index contributed by atoms with van der Waals surface area (Å²) in [6.45, 7) is 6.49. The van der Waals surface area contributed by atoms with Crippen molar-refractivity contribution in [1.82, 2.24) is 14.9 Å². The van der Waals surface area contributed by atoms with Crippen molar-refractivity contribution in [3.63, 3.8) is 0 Å². The largest absolute Gasteiger partial charge is 0.444 e. The lowest BCUT2D eigenvalue weighted by Gasteiger charge is -2.33. The summed E-state index contributed by atoms with van der Waals surface area (Å²) in [6.07, 6.45) is 1.55. The molecule has 0 radical (unpaired) electrons. The average Bonchev–Trinajstić information content (AvgIpc) is 3.42. The minimum absolute atomic E-state index is 0.209. The number of nitrogens with zero attached hydrogens (tertiary/aromatic N) is 2. The Kier molecular flexibility index (Phi) is 5.92. The molecule has 1 unspecified atom stereocenters. The third kappa shape index (κ3) is 4.52. The van der Waals surface area contributed by atoms with Crippen molar-refractivity contribution >= 4 is 28.9 Å². The summed E-state index contributed by atoms with van der Waals surface area (Å²) in [5, 5.41) is 2.72. The zero-order valence-corrected chi connectivity index (χ0v) is 21.9. The summed E-state index contributed by atoms with van der Waals surface area (Å²) in [5.74, 6) is 0.162. The van der Waals surface area contributed by atoms with Gasteiger partial charge in [-0.1, -0.05) is 6.07 Å². The topological polar surface area (TPSA) is 106 Å². The first-order valence-corrected chi connectivity index (χ1v) is 12.9. The number of halogens is 1. The lowest BCUT2D eigenvalue weighted by Crippen LogP contribution is -2.37. The summed E-state index contributed by atoms with van der Waals surface area (Å²) in [4.78, 5) is 35.3. The van der Waals surface area contributed by atoms with Crippen molar-refractivity contribution in [3.05, 3.63) is 57.5 Å². The second kappa shape index (κ2) is 9.06. The summed E-state index contributed by atoms with van der Waals surface area (Å²) >= 11 is 0. The maximum Gasteiger partial charge on any atom is 0.413 e. The van der Waals surface area contributed by atoms with Crippen molar-refractivity contribution in [2.75, 3.05) is 19.0 Å². The number of nitrogens with one attached hydrogen (secondary N) is 2. The predicted molar refractivity (Wildman–Crippen MR) is 137 cm³/mol. The van der Waals surface area contributed by atoms with Gasteiger partial charge in [-0.25, -0.2) is 14.2 Å². The molecular weight excluding hydrogens is 491 g/mol. The number of likely N-dealkylation sites (N-methyl/N-ethyl adjacent to an activating group) is 1. The number of carbonyl (C=O) groups excluding carboxylic acids is 2. The minimum atomic E-state index is -0.660. The van der Waals surface area contributed by atoms with E-state index in [0.717, 1.165) is 35.1 Å². The molecule has 2 aromatic heterocycles. The molecule has 0 saturated heterocycles. The Morgan fingerprint density at radius 2 is 1.89 bits per heavy atom. The van der Waals surface area contributed by atoms with Crippen LogP contribution in [-0.2, 0) is 34.0 Å². The smallest absolute Gasteiger partial charge is 0.413 e. The molecular formula is C28H31FN4O5. The van der Waals surface area contributed by atoms with Gasteiger partial charge < -0.3 is 24.1 Å². The van der Waals surface area contributed by atoms with Crippen LogP contribution in [-0.4, -0.2) is 46.1 Å². The van der Waals surface area contributed by atoms with Crippen LogP contribution in [0.5, 0.6) is 0 Å². The lowest BCUT2D eigenvalue weighted by atomic mass is 9.93. The van der Waals surface area contributed by atoms with Crippen LogP contribution < -0.4 is 5.32 Å². The monoisotopic (exact) mass is 522 g/mol. The van der Waals surface area contributed by atoms with Crippen molar-refractivity contribution in [3.8, 4) is 0 Å². The molecule has 3 aromatic rings. The number of hydrogen-bond donors (Lipinski definition) is 2. The van der Waals surface area contributed by atoms with Crippen molar-refractivity contribution in [1.29, 1.82) is 0 Å². The van der Waals surface area contributed by atoms with Crippen LogP contribution in [0.2, 0.25) is 0 Å². The van der Waals surface area contributed by atoms with Gasteiger partial charge in [0.2, 0.25) is 0 Å². The highest BCUT2D eigenvalue weighted by molar-refractivity contribution is 5.99. The second-order valence-corrected chi connectivity index (χ2v) is 11.3. The molecule has 2 aliphatic heterocycles. The van der Waals surface area contributed by atoms with Crippen LogP contribution >= 0.6 is 0 Å². The van der Waals surface area contributed by atoms with Crippen LogP contribution in [0.3, 0.4) is 0 Å². The highest BCUT2D eigenvalue weighted by Gasteiger charge is 2.34. The van der Waals surface area contributed by atoms with Gasteiger partial charge >= 0.3 is 6.09 Å². The Bertz CT molecular complexity index is 1460. The lowest BCUT2D eigenvalue weighted by molar-refractivity contribution is 0.0329. The molecule has 4 heterocycles. The highest BCUT2D eigenvalue weighted by Crippen LogP contribution is 2.43. The number of aromatic nitrogens is 2. The molecule has 1 aliphatic carbocycles. The highest BCUT2D eigenvalue weighted by atomic mass is 19.1. The second-order valence-electron chi connectivity index (χ2n) is 11.3. The summed E-state index contributed by atoms with van der Waals surface area (Å²) < 4.78 is 32.1. The molecule has 3 aliphatic rings. The number of fused-ring (bicyclic) bond motifs is 4. The molecule has 0 spiro atoms. The van der Waals surface area contributed by atoms with Gasteiger partial charge in [0.15, 0.2) is 0 Å². The number of rotatable bonds is 4. The van der Waals surface area contributed by atoms with E-state index >= 15 is 4.39 Å². The van der Waals surface area contributed by atoms with Crippen LogP contribution in [0.4, 0.5) is 15.0 Å². The number of amides is 2. The molecule has 38 heavy (non-hydrogen) atoms. The third-order valence-corrected chi connectivity index (χ3v) is 7.26. The van der Waals surface area contributed by atoms with Crippen molar-refractivity contribution in [2.24, 2.45) is 0 Å². The van der Waals surface area contributed by atoms with E-state index < -0.39 is 17.7 Å². The van der Waals surface area contributed by atoms with E-state index in [1.54, 1.807) is 40.0 Å². The quantitative estimate of drug-likeness (QED) is 0.482. The van der Waals surface area contributed by atoms with E-state index in [4.69, 9.17) is 14.2 Å². The number of anilines is 1. The zero-order valence-electron chi connectivity index (χ0n) is 21.9. The van der Waals surface area contributed by atoms with Crippen molar-refractivity contribution < 1.29 is 28.2 Å². The molecule has 1 atom stereocenters. The van der Waals surface area contributed by atoms with Crippen molar-refractivity contribution in [2.45, 2.75) is 71.0 Å². The number of hydrogen-bond acceptors (Lipinski definition) is 6. The van der Waals surface area contributed by atoms with E-state index in [1.165, 1.54) is 4.90 Å². The van der Waals surface area contributed by atoms with Gasteiger partial charge in [-0.3, -0.25) is 10.1 Å². The fraction of sp³-hybridized carbons (Fsp3) is 0.464. The van der Waals surface area contributed by atoms with Crippen LogP contribution in [0, 0.1) is 5.82 Å². The van der Waals surface area contributed by atoms with Gasteiger partial charge in [0.05, 0.1) is 43.5 Å². The number of H-pyrrole nitrogens is 1. The van der Waals surface area contributed by atoms with Gasteiger partial charge in [-0.15, -0.1) is 0 Å². The van der Waals surface area contributed by atoms with Gasteiger partial charge in [0.25, 0.3) is 5.91 Å². The molecule has 9 nitrogen and oxygen atoms in total. The fourth-order valence-electron chi connectivity index (χ4n) is 5.28. The summed E-state index contributed by atoms with van der Waals surface area (Å²) in [6, 6.07) is 4.72. The van der Waals surface area contributed by atoms with E-state index in [-0.39, 0.29) is 24.9 Å². The number of benzene rings is 1. The number of aromatic amines is 1. The molecule has 1 aromatic carbocycles. The maximum absolute atomic E-state index is 15.3.